The highest BCUT2D eigenvalue weighted by Gasteiger charge is 2.36. The number of alkyl halides is 3. The maximum absolute atomic E-state index is 13.2. The number of pyridine rings is 1. The first-order valence-electron chi connectivity index (χ1n) is 7.82. The van der Waals surface area contributed by atoms with Crippen LogP contribution in [0.1, 0.15) is 5.56 Å². The number of hydrogen-bond acceptors (Lipinski definition) is 5. The molecule has 1 saturated heterocycles. The van der Waals surface area contributed by atoms with Gasteiger partial charge in [-0.3, -0.25) is 0 Å². The number of sulfonamides is 1. The minimum Gasteiger partial charge on any atom is -0.367 e. The maximum Gasteiger partial charge on any atom is 0.419 e. The average molecular weight is 386 g/mol. The zero-order valence-electron chi connectivity index (χ0n) is 13.6. The fraction of sp³-hybridized carbons (Fsp3) is 0.312. The van der Waals surface area contributed by atoms with E-state index in [2.05, 4.69) is 4.98 Å². The van der Waals surface area contributed by atoms with Gasteiger partial charge in [0, 0.05) is 32.4 Å². The Bertz CT molecular complexity index is 894. The minimum atomic E-state index is -4.49. The number of aromatic nitrogens is 1. The molecule has 1 aromatic heterocycles. The highest BCUT2D eigenvalue weighted by Crippen LogP contribution is 2.35. The summed E-state index contributed by atoms with van der Waals surface area (Å²) in [6.45, 7) is 1.25. The number of benzene rings is 1. The lowest BCUT2D eigenvalue weighted by Crippen LogP contribution is -2.47. The van der Waals surface area contributed by atoms with E-state index in [9.17, 15) is 21.6 Å². The van der Waals surface area contributed by atoms with Crippen molar-refractivity contribution in [3.05, 3.63) is 48.2 Å². The summed E-state index contributed by atoms with van der Waals surface area (Å²) >= 11 is 0. The van der Waals surface area contributed by atoms with Gasteiger partial charge in [-0.05, 0) is 24.3 Å². The molecule has 1 fully saturated rings. The predicted molar refractivity (Wildman–Crippen MR) is 91.5 cm³/mol. The van der Waals surface area contributed by atoms with Crippen molar-refractivity contribution in [2.75, 3.05) is 36.0 Å². The molecule has 140 valence electrons. The molecule has 6 nitrogen and oxygen atoms in total. The highest BCUT2D eigenvalue weighted by atomic mass is 32.2. The molecule has 2 N–H and O–H groups in total. The molecule has 0 spiro atoms. The van der Waals surface area contributed by atoms with Crippen LogP contribution in [0, 0.1) is 0 Å². The molecule has 3 rings (SSSR count). The summed E-state index contributed by atoms with van der Waals surface area (Å²) in [5.41, 5.74) is -0.329. The second-order valence-electron chi connectivity index (χ2n) is 5.86. The Morgan fingerprint density at radius 1 is 0.962 bits per heavy atom. The monoisotopic (exact) mass is 386 g/mol. The van der Waals surface area contributed by atoms with Crippen molar-refractivity contribution < 1.29 is 21.6 Å². The van der Waals surface area contributed by atoms with Gasteiger partial charge in [0.1, 0.15) is 10.7 Å². The number of para-hydroxylation sites is 1. The molecule has 0 atom stereocenters. The van der Waals surface area contributed by atoms with E-state index in [1.54, 1.807) is 28.0 Å². The van der Waals surface area contributed by atoms with Gasteiger partial charge in [0.05, 0.1) is 11.3 Å². The third-order valence-electron chi connectivity index (χ3n) is 4.18. The number of nitrogens with two attached hydrogens (primary N) is 1. The van der Waals surface area contributed by atoms with Crippen molar-refractivity contribution in [2.45, 2.75) is 11.1 Å². The van der Waals surface area contributed by atoms with Gasteiger partial charge in [-0.25, -0.2) is 18.5 Å². The normalized spacial score (nSPS) is 16.0. The highest BCUT2D eigenvalue weighted by molar-refractivity contribution is 7.89. The Morgan fingerprint density at radius 3 is 2.19 bits per heavy atom. The molecule has 0 saturated carbocycles. The quantitative estimate of drug-likeness (QED) is 0.874. The molecule has 0 radical (unpaired) electrons. The van der Waals surface area contributed by atoms with Crippen LogP contribution in [-0.4, -0.2) is 39.6 Å². The lowest BCUT2D eigenvalue weighted by atomic mass is 10.2. The molecular weight excluding hydrogens is 369 g/mol. The summed E-state index contributed by atoms with van der Waals surface area (Å²) in [7, 11) is -3.89. The topological polar surface area (TPSA) is 79.5 Å². The second-order valence-corrected chi connectivity index (χ2v) is 7.39. The number of nitrogens with zero attached hydrogens (tertiary/aromatic N) is 3. The van der Waals surface area contributed by atoms with Gasteiger partial charge in [-0.1, -0.05) is 12.1 Å². The standard InChI is InChI=1S/C16H17F3N4O2S/c17-16(18,19)12-4-3-7-21-15(12)23-10-8-22(9-11-23)13-5-1-2-6-14(13)26(20,24)25/h1-7H,8-11H2,(H2,20,24,25). The SMILES string of the molecule is NS(=O)(=O)c1ccccc1N1CCN(c2ncccc2C(F)(F)F)CC1. The van der Waals surface area contributed by atoms with Gasteiger partial charge < -0.3 is 9.80 Å². The number of hydrogen-bond donors (Lipinski definition) is 1. The Labute approximate surface area is 149 Å². The van der Waals surface area contributed by atoms with Crippen LogP contribution >= 0.6 is 0 Å². The summed E-state index contributed by atoms with van der Waals surface area (Å²) in [4.78, 5) is 7.25. The lowest BCUT2D eigenvalue weighted by molar-refractivity contribution is -0.137. The van der Waals surface area contributed by atoms with E-state index in [1.807, 2.05) is 0 Å². The number of anilines is 2. The van der Waals surface area contributed by atoms with Crippen molar-refractivity contribution in [1.82, 2.24) is 4.98 Å². The van der Waals surface area contributed by atoms with Crippen molar-refractivity contribution in [1.29, 1.82) is 0 Å². The first kappa shape index (κ1) is 18.5. The number of primary sulfonamides is 1. The molecule has 1 aromatic carbocycles. The fourth-order valence-electron chi connectivity index (χ4n) is 2.99. The van der Waals surface area contributed by atoms with E-state index in [0.717, 1.165) is 6.07 Å². The summed E-state index contributed by atoms with van der Waals surface area (Å²) in [6, 6.07) is 8.57. The summed E-state index contributed by atoms with van der Waals surface area (Å²) in [5, 5.41) is 5.25. The number of piperazine rings is 1. The molecule has 26 heavy (non-hydrogen) atoms. The molecule has 1 aliphatic rings. The van der Waals surface area contributed by atoms with E-state index >= 15 is 0 Å². The maximum atomic E-state index is 13.2. The molecule has 2 aromatic rings. The number of rotatable bonds is 3. The summed E-state index contributed by atoms with van der Waals surface area (Å²) < 4.78 is 63.0. The van der Waals surface area contributed by atoms with Crippen LogP contribution in [0.5, 0.6) is 0 Å². The van der Waals surface area contributed by atoms with Crippen LogP contribution < -0.4 is 14.9 Å². The third kappa shape index (κ3) is 3.75. The van der Waals surface area contributed by atoms with Crippen LogP contribution in [0.4, 0.5) is 24.7 Å². The van der Waals surface area contributed by atoms with Gasteiger partial charge in [-0.15, -0.1) is 0 Å². The van der Waals surface area contributed by atoms with Crippen molar-refractivity contribution in [2.24, 2.45) is 5.14 Å². The Morgan fingerprint density at radius 2 is 1.58 bits per heavy atom. The van der Waals surface area contributed by atoms with Gasteiger partial charge >= 0.3 is 6.18 Å². The van der Waals surface area contributed by atoms with Crippen molar-refractivity contribution in [3.8, 4) is 0 Å². The predicted octanol–water partition coefficient (Wildman–Crippen LogP) is 2.07. The van der Waals surface area contributed by atoms with Crippen LogP contribution in [0.25, 0.3) is 0 Å². The Hall–Kier alpha value is -2.33. The third-order valence-corrected chi connectivity index (χ3v) is 5.14. The molecule has 10 heteroatoms. The van der Waals surface area contributed by atoms with E-state index in [1.165, 1.54) is 18.3 Å². The van der Waals surface area contributed by atoms with Gasteiger partial charge in [0.25, 0.3) is 0 Å². The minimum absolute atomic E-state index is 0.00210. The number of halogens is 3. The van der Waals surface area contributed by atoms with E-state index < -0.39 is 21.8 Å². The van der Waals surface area contributed by atoms with Crippen molar-refractivity contribution in [3.63, 3.8) is 0 Å². The molecule has 0 aliphatic carbocycles. The smallest absolute Gasteiger partial charge is 0.367 e. The summed E-state index contributed by atoms with van der Waals surface area (Å²) in [5.74, 6) is -0.112. The van der Waals surface area contributed by atoms with E-state index in [0.29, 0.717) is 18.8 Å². The van der Waals surface area contributed by atoms with Crippen LogP contribution in [-0.2, 0) is 16.2 Å². The molecule has 2 heterocycles. The molecule has 0 unspecified atom stereocenters. The first-order chi connectivity index (χ1) is 12.2. The van der Waals surface area contributed by atoms with Gasteiger partial charge in [0.15, 0.2) is 0 Å². The summed E-state index contributed by atoms with van der Waals surface area (Å²) in [6.07, 6.45) is -3.16. The van der Waals surface area contributed by atoms with E-state index in [-0.39, 0.29) is 23.8 Å². The molecule has 0 bridgehead atoms. The molecule has 1 aliphatic heterocycles. The Balaban J connectivity index is 1.82. The lowest BCUT2D eigenvalue weighted by Gasteiger charge is -2.38. The van der Waals surface area contributed by atoms with Gasteiger partial charge in [-0.2, -0.15) is 13.2 Å². The van der Waals surface area contributed by atoms with Crippen molar-refractivity contribution >= 4 is 21.5 Å². The van der Waals surface area contributed by atoms with E-state index in [4.69, 9.17) is 5.14 Å². The van der Waals surface area contributed by atoms with Crippen LogP contribution in [0.15, 0.2) is 47.5 Å². The van der Waals surface area contributed by atoms with Crippen LogP contribution in [0.3, 0.4) is 0 Å². The Kier molecular flexibility index (Phi) is 4.80. The first-order valence-corrected chi connectivity index (χ1v) is 9.36. The van der Waals surface area contributed by atoms with Crippen LogP contribution in [0.2, 0.25) is 0 Å². The molecular formula is C16H17F3N4O2S. The average Bonchev–Trinajstić information content (AvgIpc) is 2.60. The fourth-order valence-corrected chi connectivity index (χ4v) is 3.75. The largest absolute Gasteiger partial charge is 0.419 e. The zero-order valence-corrected chi connectivity index (χ0v) is 14.5. The zero-order chi connectivity index (χ0) is 18.9. The second kappa shape index (κ2) is 6.76. The van der Waals surface area contributed by atoms with Gasteiger partial charge in [0.2, 0.25) is 10.0 Å². The molecule has 0 amide bonds.